The third kappa shape index (κ3) is 3.14. The Morgan fingerprint density at radius 2 is 2.09 bits per heavy atom. The number of carbonyl (C=O) groups excluding carboxylic acids is 2. The van der Waals surface area contributed by atoms with Crippen molar-refractivity contribution in [3.05, 3.63) is 53.1 Å². The first-order chi connectivity index (χ1) is 11.1. The summed E-state index contributed by atoms with van der Waals surface area (Å²) in [6.07, 6.45) is 0.281. The Hall–Kier alpha value is -2.53. The maximum atomic E-state index is 12.5. The maximum Gasteiger partial charge on any atom is 0.326 e. The van der Waals surface area contributed by atoms with Crippen LogP contribution < -0.4 is 15.0 Å². The number of Topliss-reactive ketones (excluding diaryl/α,β-unsaturated/α-hetero) is 1. The molecule has 0 saturated carbocycles. The molecule has 0 atom stereocenters. The van der Waals surface area contributed by atoms with Gasteiger partial charge in [-0.3, -0.25) is 9.69 Å². The van der Waals surface area contributed by atoms with Crippen molar-refractivity contribution in [1.82, 2.24) is 0 Å². The average molecular weight is 331 g/mol. The zero-order valence-electron chi connectivity index (χ0n) is 12.5. The lowest BCUT2D eigenvalue weighted by atomic mass is 10.0. The van der Waals surface area contributed by atoms with E-state index in [1.165, 1.54) is 0 Å². The van der Waals surface area contributed by atoms with Gasteiger partial charge in [0.2, 0.25) is 0 Å². The lowest BCUT2D eigenvalue weighted by molar-refractivity contribution is 0.0981. The van der Waals surface area contributed by atoms with E-state index in [1.807, 2.05) is 0 Å². The second-order valence-electron chi connectivity index (χ2n) is 5.15. The molecule has 1 N–H and O–H groups in total. The van der Waals surface area contributed by atoms with Gasteiger partial charge in [0.15, 0.2) is 5.78 Å². The summed E-state index contributed by atoms with van der Waals surface area (Å²) in [4.78, 5) is 26.2. The summed E-state index contributed by atoms with van der Waals surface area (Å²) in [5.74, 6) is 0.597. The minimum Gasteiger partial charge on any atom is -0.497 e. The smallest absolute Gasteiger partial charge is 0.326 e. The van der Waals surface area contributed by atoms with Crippen LogP contribution in [0.3, 0.4) is 0 Å². The van der Waals surface area contributed by atoms with Crippen LogP contribution in [-0.2, 0) is 0 Å². The Balaban J connectivity index is 1.88. The van der Waals surface area contributed by atoms with Crippen molar-refractivity contribution < 1.29 is 14.3 Å². The molecule has 3 rings (SSSR count). The predicted molar refractivity (Wildman–Crippen MR) is 89.8 cm³/mol. The quantitative estimate of drug-likeness (QED) is 0.906. The van der Waals surface area contributed by atoms with E-state index in [9.17, 15) is 9.59 Å². The molecule has 1 aliphatic heterocycles. The molecule has 0 aliphatic carbocycles. The summed E-state index contributed by atoms with van der Waals surface area (Å²) in [7, 11) is 1.54. The molecule has 0 spiro atoms. The molecule has 0 saturated heterocycles. The van der Waals surface area contributed by atoms with Crippen LogP contribution in [0.4, 0.5) is 16.2 Å². The van der Waals surface area contributed by atoms with Gasteiger partial charge in [0.25, 0.3) is 0 Å². The molecule has 118 valence electrons. The van der Waals surface area contributed by atoms with Gasteiger partial charge in [0.1, 0.15) is 5.75 Å². The number of benzene rings is 2. The summed E-state index contributed by atoms with van der Waals surface area (Å²) < 4.78 is 5.15. The van der Waals surface area contributed by atoms with E-state index in [-0.39, 0.29) is 18.2 Å². The van der Waals surface area contributed by atoms with Crippen LogP contribution >= 0.6 is 11.6 Å². The summed E-state index contributed by atoms with van der Waals surface area (Å²) in [5.41, 5.74) is 1.69. The van der Waals surface area contributed by atoms with E-state index < -0.39 is 0 Å². The number of anilines is 2. The molecule has 0 unspecified atom stereocenters. The molecule has 2 aromatic carbocycles. The third-order valence-corrected chi connectivity index (χ3v) is 3.91. The Bertz CT molecular complexity index is 776. The Morgan fingerprint density at radius 3 is 2.83 bits per heavy atom. The fourth-order valence-electron chi connectivity index (χ4n) is 2.54. The van der Waals surface area contributed by atoms with Crippen molar-refractivity contribution in [2.45, 2.75) is 6.42 Å². The number of ketones is 1. The van der Waals surface area contributed by atoms with E-state index in [1.54, 1.807) is 54.5 Å². The second-order valence-corrected chi connectivity index (χ2v) is 5.58. The second kappa shape index (κ2) is 6.30. The Kier molecular flexibility index (Phi) is 4.21. The molecule has 1 aliphatic rings. The van der Waals surface area contributed by atoms with Gasteiger partial charge in [0.05, 0.1) is 12.8 Å². The van der Waals surface area contributed by atoms with Crippen molar-refractivity contribution in [3.63, 3.8) is 0 Å². The molecular weight excluding hydrogens is 316 g/mol. The topological polar surface area (TPSA) is 58.6 Å². The minimum atomic E-state index is -0.300. The Labute approximate surface area is 138 Å². The SMILES string of the molecule is COc1ccc2c(c1)C(=O)CCN2C(=O)Nc1cccc(Cl)c1. The van der Waals surface area contributed by atoms with Crippen molar-refractivity contribution in [3.8, 4) is 5.75 Å². The molecule has 5 nitrogen and oxygen atoms in total. The molecule has 6 heteroatoms. The Morgan fingerprint density at radius 1 is 1.26 bits per heavy atom. The number of hydrogen-bond donors (Lipinski definition) is 1. The van der Waals surface area contributed by atoms with Crippen molar-refractivity contribution >= 4 is 34.8 Å². The van der Waals surface area contributed by atoms with Gasteiger partial charge in [-0.15, -0.1) is 0 Å². The number of carbonyl (C=O) groups is 2. The molecule has 0 radical (unpaired) electrons. The van der Waals surface area contributed by atoms with Crippen LogP contribution in [0.5, 0.6) is 5.75 Å². The number of methoxy groups -OCH3 is 1. The molecular formula is C17H15ClN2O3. The number of urea groups is 1. The maximum absolute atomic E-state index is 12.5. The summed E-state index contributed by atoms with van der Waals surface area (Å²) in [6, 6.07) is 11.7. The molecule has 23 heavy (non-hydrogen) atoms. The van der Waals surface area contributed by atoms with Crippen LogP contribution in [-0.4, -0.2) is 25.5 Å². The van der Waals surface area contributed by atoms with Crippen molar-refractivity contribution in [1.29, 1.82) is 0 Å². The van der Waals surface area contributed by atoms with Gasteiger partial charge >= 0.3 is 6.03 Å². The molecule has 0 bridgehead atoms. The highest BCUT2D eigenvalue weighted by Gasteiger charge is 2.27. The number of ether oxygens (including phenoxy) is 1. The van der Waals surface area contributed by atoms with Gasteiger partial charge in [0, 0.05) is 29.2 Å². The number of hydrogen-bond acceptors (Lipinski definition) is 3. The van der Waals surface area contributed by atoms with E-state index in [0.717, 1.165) is 0 Å². The zero-order valence-corrected chi connectivity index (χ0v) is 13.3. The van der Waals surface area contributed by atoms with Crippen molar-refractivity contribution in [2.75, 3.05) is 23.9 Å². The first kappa shape index (κ1) is 15.4. The van der Waals surface area contributed by atoms with Crippen LogP contribution in [0, 0.1) is 0 Å². The standard InChI is InChI=1S/C17H15ClN2O3/c1-23-13-5-6-15-14(10-13)16(21)7-8-20(15)17(22)19-12-4-2-3-11(18)9-12/h2-6,9-10H,7-8H2,1H3,(H,19,22). The summed E-state index contributed by atoms with van der Waals surface area (Å²) in [6.45, 7) is 0.338. The highest BCUT2D eigenvalue weighted by atomic mass is 35.5. The largest absolute Gasteiger partial charge is 0.497 e. The van der Waals surface area contributed by atoms with Gasteiger partial charge in [-0.05, 0) is 36.4 Å². The van der Waals surface area contributed by atoms with Gasteiger partial charge in [-0.2, -0.15) is 0 Å². The molecule has 2 amide bonds. The molecule has 0 aromatic heterocycles. The normalized spacial score (nSPS) is 13.5. The monoisotopic (exact) mass is 330 g/mol. The zero-order chi connectivity index (χ0) is 16.4. The van der Waals surface area contributed by atoms with Crippen LogP contribution in [0.15, 0.2) is 42.5 Å². The van der Waals surface area contributed by atoms with Crippen LogP contribution in [0.1, 0.15) is 16.8 Å². The number of halogens is 1. The van der Waals surface area contributed by atoms with Gasteiger partial charge < -0.3 is 10.1 Å². The molecule has 1 heterocycles. The van der Waals surface area contributed by atoms with E-state index in [4.69, 9.17) is 16.3 Å². The minimum absolute atomic E-state index is 0.00528. The third-order valence-electron chi connectivity index (χ3n) is 3.68. The van der Waals surface area contributed by atoms with Gasteiger partial charge in [-0.1, -0.05) is 17.7 Å². The average Bonchev–Trinajstić information content (AvgIpc) is 2.55. The van der Waals surface area contributed by atoms with Gasteiger partial charge in [-0.25, -0.2) is 4.79 Å². The van der Waals surface area contributed by atoms with Crippen molar-refractivity contribution in [2.24, 2.45) is 0 Å². The fraction of sp³-hybridized carbons (Fsp3) is 0.176. The highest BCUT2D eigenvalue weighted by Crippen LogP contribution is 2.31. The predicted octanol–water partition coefficient (Wildman–Crippen LogP) is 3.97. The first-order valence-corrected chi connectivity index (χ1v) is 7.51. The highest BCUT2D eigenvalue weighted by molar-refractivity contribution is 6.31. The molecule has 0 fully saturated rings. The first-order valence-electron chi connectivity index (χ1n) is 7.14. The van der Waals surface area contributed by atoms with Crippen LogP contribution in [0.2, 0.25) is 5.02 Å². The van der Waals surface area contributed by atoms with Crippen LogP contribution in [0.25, 0.3) is 0 Å². The van der Waals surface area contributed by atoms with E-state index in [2.05, 4.69) is 5.32 Å². The van der Waals surface area contributed by atoms with E-state index >= 15 is 0 Å². The number of nitrogens with one attached hydrogen (secondary N) is 1. The lowest BCUT2D eigenvalue weighted by Gasteiger charge is -2.29. The lowest BCUT2D eigenvalue weighted by Crippen LogP contribution is -2.40. The number of rotatable bonds is 2. The fourth-order valence-corrected chi connectivity index (χ4v) is 2.73. The summed E-state index contributed by atoms with van der Waals surface area (Å²) >= 11 is 5.92. The number of amides is 2. The number of fused-ring (bicyclic) bond motifs is 1. The van der Waals surface area contributed by atoms with E-state index in [0.29, 0.717) is 34.3 Å². The summed E-state index contributed by atoms with van der Waals surface area (Å²) in [5, 5.41) is 3.34. The molecule has 2 aromatic rings. The number of nitrogens with zero attached hydrogens (tertiary/aromatic N) is 1.